The quantitative estimate of drug-likeness (QED) is 0.764. The van der Waals surface area contributed by atoms with Gasteiger partial charge >= 0.3 is 0 Å². The fourth-order valence-corrected chi connectivity index (χ4v) is 2.31. The first kappa shape index (κ1) is 19.5. The number of carbonyl (C=O) groups excluding carboxylic acids is 2. The molecule has 138 valence electrons. The maximum Gasteiger partial charge on any atom is 0.255 e. The van der Waals surface area contributed by atoms with E-state index in [1.807, 2.05) is 38.1 Å². The van der Waals surface area contributed by atoms with Crippen molar-refractivity contribution in [1.82, 2.24) is 10.2 Å². The molecule has 2 amide bonds. The third-order valence-electron chi connectivity index (χ3n) is 3.69. The second kappa shape index (κ2) is 9.58. The molecule has 0 bridgehead atoms. The summed E-state index contributed by atoms with van der Waals surface area (Å²) in [4.78, 5) is 26.5. The summed E-state index contributed by atoms with van der Waals surface area (Å²) in [5.41, 5.74) is 1.61. The fourth-order valence-electron chi connectivity index (χ4n) is 2.31. The molecule has 0 aromatic heterocycles. The molecule has 0 aliphatic heterocycles. The molecule has 26 heavy (non-hydrogen) atoms. The molecule has 0 heterocycles. The molecular formula is C20H25N3O3. The zero-order valence-corrected chi connectivity index (χ0v) is 15.4. The van der Waals surface area contributed by atoms with Gasteiger partial charge in [-0.1, -0.05) is 12.1 Å². The van der Waals surface area contributed by atoms with Crippen LogP contribution in [-0.2, 0) is 0 Å². The zero-order valence-electron chi connectivity index (χ0n) is 15.4. The van der Waals surface area contributed by atoms with E-state index < -0.39 is 0 Å². The molecule has 2 aromatic rings. The van der Waals surface area contributed by atoms with Gasteiger partial charge in [-0.05, 0) is 57.4 Å². The number of nitrogens with one attached hydrogen (secondary N) is 2. The van der Waals surface area contributed by atoms with E-state index in [9.17, 15) is 9.59 Å². The molecule has 0 saturated heterocycles. The summed E-state index contributed by atoms with van der Waals surface area (Å²) in [6.07, 6.45) is 0. The lowest BCUT2D eigenvalue weighted by molar-refractivity contribution is 0.0949. The summed E-state index contributed by atoms with van der Waals surface area (Å²) in [5.74, 6) is 0.220. The Bertz CT molecular complexity index is 742. The van der Waals surface area contributed by atoms with Crippen LogP contribution in [0.3, 0.4) is 0 Å². The lowest BCUT2D eigenvalue weighted by atomic mass is 10.1. The number of rotatable bonds is 8. The highest BCUT2D eigenvalue weighted by atomic mass is 16.5. The van der Waals surface area contributed by atoms with Crippen molar-refractivity contribution < 1.29 is 14.3 Å². The summed E-state index contributed by atoms with van der Waals surface area (Å²) in [5, 5.41) is 5.68. The van der Waals surface area contributed by atoms with Gasteiger partial charge in [0, 0.05) is 24.2 Å². The summed E-state index contributed by atoms with van der Waals surface area (Å²) >= 11 is 0. The van der Waals surface area contributed by atoms with Crippen molar-refractivity contribution in [2.24, 2.45) is 0 Å². The van der Waals surface area contributed by atoms with Crippen LogP contribution in [0, 0.1) is 0 Å². The average molecular weight is 355 g/mol. The van der Waals surface area contributed by atoms with E-state index in [4.69, 9.17) is 4.74 Å². The average Bonchev–Trinajstić information content (AvgIpc) is 2.63. The van der Waals surface area contributed by atoms with Gasteiger partial charge in [0.25, 0.3) is 11.8 Å². The van der Waals surface area contributed by atoms with Crippen molar-refractivity contribution in [2.75, 3.05) is 39.1 Å². The predicted octanol–water partition coefficient (Wildman–Crippen LogP) is 2.63. The molecule has 0 aliphatic carbocycles. The van der Waals surface area contributed by atoms with Gasteiger partial charge in [0.1, 0.15) is 5.75 Å². The molecule has 0 aliphatic rings. The predicted molar refractivity (Wildman–Crippen MR) is 103 cm³/mol. The van der Waals surface area contributed by atoms with Crippen LogP contribution in [0.2, 0.25) is 0 Å². The van der Waals surface area contributed by atoms with Crippen LogP contribution in [0.15, 0.2) is 48.5 Å². The van der Waals surface area contributed by atoms with Gasteiger partial charge in [-0.3, -0.25) is 9.59 Å². The molecule has 0 fully saturated rings. The Morgan fingerprint density at radius 3 is 2.19 bits per heavy atom. The minimum Gasteiger partial charge on any atom is -0.492 e. The molecule has 0 atom stereocenters. The summed E-state index contributed by atoms with van der Waals surface area (Å²) < 4.78 is 5.51. The summed E-state index contributed by atoms with van der Waals surface area (Å²) in [6, 6.07) is 13.8. The number of nitrogens with zero attached hydrogens (tertiary/aromatic N) is 1. The molecule has 2 aromatic carbocycles. The number of anilines is 1. The highest BCUT2D eigenvalue weighted by molar-refractivity contribution is 6.05. The van der Waals surface area contributed by atoms with Crippen LogP contribution < -0.4 is 15.4 Å². The Labute approximate surface area is 154 Å². The van der Waals surface area contributed by atoms with E-state index in [0.717, 1.165) is 6.54 Å². The number of hydrogen-bond acceptors (Lipinski definition) is 4. The van der Waals surface area contributed by atoms with Gasteiger partial charge in [0.2, 0.25) is 0 Å². The molecule has 0 unspecified atom stereocenters. The first-order valence-corrected chi connectivity index (χ1v) is 8.57. The van der Waals surface area contributed by atoms with Crippen molar-refractivity contribution in [2.45, 2.75) is 6.92 Å². The van der Waals surface area contributed by atoms with Crippen LogP contribution in [0.4, 0.5) is 5.69 Å². The van der Waals surface area contributed by atoms with Crippen molar-refractivity contribution in [3.63, 3.8) is 0 Å². The second-order valence-electron chi connectivity index (χ2n) is 6.02. The largest absolute Gasteiger partial charge is 0.492 e. The van der Waals surface area contributed by atoms with Crippen LogP contribution in [0.25, 0.3) is 0 Å². The van der Waals surface area contributed by atoms with Gasteiger partial charge in [-0.25, -0.2) is 0 Å². The molecule has 0 saturated carbocycles. The first-order valence-electron chi connectivity index (χ1n) is 8.57. The third kappa shape index (κ3) is 5.60. The van der Waals surface area contributed by atoms with Gasteiger partial charge in [0.15, 0.2) is 0 Å². The van der Waals surface area contributed by atoms with E-state index in [1.165, 1.54) is 0 Å². The number of benzene rings is 2. The highest BCUT2D eigenvalue weighted by Gasteiger charge is 2.11. The lowest BCUT2D eigenvalue weighted by Gasteiger charge is -2.12. The molecule has 6 heteroatoms. The van der Waals surface area contributed by atoms with Crippen LogP contribution in [0.1, 0.15) is 27.6 Å². The Morgan fingerprint density at radius 2 is 1.58 bits per heavy atom. The first-order chi connectivity index (χ1) is 12.5. The van der Waals surface area contributed by atoms with Crippen LogP contribution in [0.5, 0.6) is 5.75 Å². The normalized spacial score (nSPS) is 10.5. The highest BCUT2D eigenvalue weighted by Crippen LogP contribution is 2.24. The number of amides is 2. The maximum absolute atomic E-state index is 12.4. The molecular weight excluding hydrogens is 330 g/mol. The van der Waals surface area contributed by atoms with Crippen LogP contribution >= 0.6 is 0 Å². The van der Waals surface area contributed by atoms with Crippen molar-refractivity contribution in [3.8, 4) is 5.75 Å². The Kier molecular flexibility index (Phi) is 7.17. The Morgan fingerprint density at radius 1 is 0.962 bits per heavy atom. The minimum atomic E-state index is -0.253. The molecule has 0 spiro atoms. The van der Waals surface area contributed by atoms with Gasteiger partial charge in [0.05, 0.1) is 12.3 Å². The summed E-state index contributed by atoms with van der Waals surface area (Å²) in [6.45, 7) is 3.75. The maximum atomic E-state index is 12.4. The SMILES string of the molecule is CCOc1ccccc1NC(=O)c1ccc(C(=O)NCCN(C)C)cc1. The second-order valence-corrected chi connectivity index (χ2v) is 6.02. The van der Waals surface area contributed by atoms with Gasteiger partial charge in [-0.2, -0.15) is 0 Å². The topological polar surface area (TPSA) is 70.7 Å². The van der Waals surface area contributed by atoms with E-state index in [1.54, 1.807) is 36.4 Å². The van der Waals surface area contributed by atoms with E-state index in [-0.39, 0.29) is 11.8 Å². The number of carbonyl (C=O) groups is 2. The number of hydrogen-bond donors (Lipinski definition) is 2. The molecule has 2 N–H and O–H groups in total. The zero-order chi connectivity index (χ0) is 18.9. The number of likely N-dealkylation sites (N-methyl/N-ethyl adjacent to an activating group) is 1. The Balaban J connectivity index is 1.99. The van der Waals surface area contributed by atoms with E-state index in [2.05, 4.69) is 10.6 Å². The Hall–Kier alpha value is -2.86. The van der Waals surface area contributed by atoms with Crippen molar-refractivity contribution in [1.29, 1.82) is 0 Å². The summed E-state index contributed by atoms with van der Waals surface area (Å²) in [7, 11) is 3.90. The molecule has 2 rings (SSSR count). The van der Waals surface area contributed by atoms with Crippen LogP contribution in [-0.4, -0.2) is 50.5 Å². The standard InChI is InChI=1S/C20H25N3O3/c1-4-26-18-8-6-5-7-17(18)22-20(25)16-11-9-15(10-12-16)19(24)21-13-14-23(2)3/h5-12H,4,13-14H2,1-3H3,(H,21,24)(H,22,25). The number of ether oxygens (including phenoxy) is 1. The van der Waals surface area contributed by atoms with Crippen molar-refractivity contribution >= 4 is 17.5 Å². The van der Waals surface area contributed by atoms with Gasteiger partial charge in [-0.15, -0.1) is 0 Å². The minimum absolute atomic E-state index is 0.152. The fraction of sp³-hybridized carbons (Fsp3) is 0.300. The lowest BCUT2D eigenvalue weighted by Crippen LogP contribution is -2.31. The molecule has 0 radical (unpaired) electrons. The van der Waals surface area contributed by atoms with E-state index in [0.29, 0.717) is 35.7 Å². The molecule has 6 nitrogen and oxygen atoms in total. The van der Waals surface area contributed by atoms with Gasteiger partial charge < -0.3 is 20.3 Å². The third-order valence-corrected chi connectivity index (χ3v) is 3.69. The number of para-hydroxylation sites is 2. The van der Waals surface area contributed by atoms with Crippen molar-refractivity contribution in [3.05, 3.63) is 59.7 Å². The smallest absolute Gasteiger partial charge is 0.255 e. The monoisotopic (exact) mass is 355 g/mol. The van der Waals surface area contributed by atoms with E-state index >= 15 is 0 Å².